The molecule has 6 heteroatoms. The summed E-state index contributed by atoms with van der Waals surface area (Å²) >= 11 is 6.90. The molecule has 0 aliphatic carbocycles. The summed E-state index contributed by atoms with van der Waals surface area (Å²) in [6.07, 6.45) is 1.86. The molecule has 2 N–H and O–H groups in total. The van der Waals surface area contributed by atoms with Gasteiger partial charge in [-0.25, -0.2) is 4.79 Å². The second-order valence-electron chi connectivity index (χ2n) is 5.30. The lowest BCUT2D eigenvalue weighted by Crippen LogP contribution is -2.45. The molecule has 1 atom stereocenters. The number of hydrogen-bond donors (Lipinski definition) is 2. The summed E-state index contributed by atoms with van der Waals surface area (Å²) in [7, 11) is 0. The summed E-state index contributed by atoms with van der Waals surface area (Å²) in [4.78, 5) is 13.6. The van der Waals surface area contributed by atoms with Crippen LogP contribution in [0.4, 0.5) is 0 Å². The van der Waals surface area contributed by atoms with E-state index in [4.69, 9.17) is 17.0 Å². The second-order valence-corrected chi connectivity index (χ2v) is 6.59. The molecule has 0 bridgehead atoms. The minimum absolute atomic E-state index is 0.166. The first-order valence-corrected chi connectivity index (χ1v) is 8.69. The molecule has 1 aliphatic rings. The molecular formula is C16H20N2O2S2. The largest absolute Gasteiger partial charge is 0.459 e. The molecule has 0 aromatic heterocycles. The number of carbonyl (C=O) groups excluding carboxylic acids is 1. The maximum atomic E-state index is 12.4. The van der Waals surface area contributed by atoms with Crippen LogP contribution in [0.15, 0.2) is 40.4 Å². The van der Waals surface area contributed by atoms with Crippen LogP contribution in [0.3, 0.4) is 0 Å². The summed E-state index contributed by atoms with van der Waals surface area (Å²) in [5.74, 6) is -0.325. The van der Waals surface area contributed by atoms with Crippen LogP contribution in [0.5, 0.6) is 0 Å². The van der Waals surface area contributed by atoms with E-state index in [0.29, 0.717) is 10.7 Å². The fourth-order valence-electron chi connectivity index (χ4n) is 2.29. The van der Waals surface area contributed by atoms with E-state index >= 15 is 0 Å². The smallest absolute Gasteiger partial charge is 0.338 e. The Kier molecular flexibility index (Phi) is 5.47. The van der Waals surface area contributed by atoms with Crippen LogP contribution in [0, 0.1) is 0 Å². The molecule has 0 saturated carbocycles. The van der Waals surface area contributed by atoms with Gasteiger partial charge in [-0.3, -0.25) is 0 Å². The first-order chi connectivity index (χ1) is 10.4. The Labute approximate surface area is 140 Å². The van der Waals surface area contributed by atoms with Gasteiger partial charge in [0.25, 0.3) is 0 Å². The highest BCUT2D eigenvalue weighted by molar-refractivity contribution is 7.98. The van der Waals surface area contributed by atoms with Gasteiger partial charge in [-0.05, 0) is 56.9 Å². The third-order valence-electron chi connectivity index (χ3n) is 3.28. The lowest BCUT2D eigenvalue weighted by molar-refractivity contribution is -0.143. The van der Waals surface area contributed by atoms with E-state index < -0.39 is 0 Å². The van der Waals surface area contributed by atoms with Crippen molar-refractivity contribution < 1.29 is 9.53 Å². The minimum Gasteiger partial charge on any atom is -0.459 e. The lowest BCUT2D eigenvalue weighted by Gasteiger charge is -2.30. The van der Waals surface area contributed by atoms with Gasteiger partial charge in [-0.15, -0.1) is 11.8 Å². The van der Waals surface area contributed by atoms with Crippen molar-refractivity contribution in [2.24, 2.45) is 0 Å². The molecule has 1 aromatic carbocycles. The van der Waals surface area contributed by atoms with Crippen molar-refractivity contribution in [2.45, 2.75) is 37.8 Å². The monoisotopic (exact) mass is 336 g/mol. The minimum atomic E-state index is -0.325. The molecule has 1 unspecified atom stereocenters. The molecule has 0 amide bonds. The molecular weight excluding hydrogens is 316 g/mol. The van der Waals surface area contributed by atoms with Gasteiger partial charge in [0.15, 0.2) is 5.11 Å². The number of allylic oxidation sites excluding steroid dienone is 1. The molecule has 0 fully saturated rings. The molecule has 0 spiro atoms. The van der Waals surface area contributed by atoms with Crippen LogP contribution in [0.25, 0.3) is 0 Å². The molecule has 118 valence electrons. The highest BCUT2D eigenvalue weighted by atomic mass is 32.2. The van der Waals surface area contributed by atoms with E-state index in [9.17, 15) is 4.79 Å². The molecule has 1 heterocycles. The number of ether oxygens (including phenoxy) is 1. The quantitative estimate of drug-likeness (QED) is 0.500. The maximum absolute atomic E-state index is 12.4. The molecule has 4 nitrogen and oxygen atoms in total. The molecule has 0 saturated heterocycles. The zero-order chi connectivity index (χ0) is 16.3. The molecule has 1 aliphatic heterocycles. The number of thioether (sulfide) groups is 1. The maximum Gasteiger partial charge on any atom is 0.338 e. The van der Waals surface area contributed by atoms with Crippen molar-refractivity contribution in [3.63, 3.8) is 0 Å². The Bertz CT molecular complexity index is 609. The summed E-state index contributed by atoms with van der Waals surface area (Å²) < 4.78 is 5.37. The lowest BCUT2D eigenvalue weighted by atomic mass is 9.96. The van der Waals surface area contributed by atoms with Crippen molar-refractivity contribution in [3.8, 4) is 0 Å². The van der Waals surface area contributed by atoms with E-state index in [0.717, 1.165) is 11.3 Å². The average molecular weight is 336 g/mol. The van der Waals surface area contributed by atoms with Gasteiger partial charge in [0.1, 0.15) is 0 Å². The highest BCUT2D eigenvalue weighted by Crippen LogP contribution is 2.29. The van der Waals surface area contributed by atoms with Crippen molar-refractivity contribution >= 4 is 35.1 Å². The van der Waals surface area contributed by atoms with Gasteiger partial charge in [0.2, 0.25) is 0 Å². The fraction of sp³-hybridized carbons (Fsp3) is 0.375. The first-order valence-electron chi connectivity index (χ1n) is 7.05. The van der Waals surface area contributed by atoms with Crippen LogP contribution >= 0.6 is 24.0 Å². The molecule has 22 heavy (non-hydrogen) atoms. The Morgan fingerprint density at radius 1 is 1.32 bits per heavy atom. The SMILES string of the molecule is CSc1ccc(C2NC(=S)NC(C)=C2C(=O)OC(C)C)cc1. The van der Waals surface area contributed by atoms with Gasteiger partial charge in [0, 0.05) is 10.6 Å². The fourth-order valence-corrected chi connectivity index (χ4v) is 2.97. The predicted octanol–water partition coefficient (Wildman–Crippen LogP) is 3.15. The summed E-state index contributed by atoms with van der Waals surface area (Å²) in [6, 6.07) is 7.79. The van der Waals surface area contributed by atoms with Crippen molar-refractivity contribution in [2.75, 3.05) is 6.26 Å². The van der Waals surface area contributed by atoms with E-state index in [-0.39, 0.29) is 18.1 Å². The third kappa shape index (κ3) is 3.81. The number of nitrogens with one attached hydrogen (secondary N) is 2. The predicted molar refractivity (Wildman–Crippen MR) is 93.8 cm³/mol. The number of hydrogen-bond acceptors (Lipinski definition) is 4. The number of benzene rings is 1. The standard InChI is InChI=1S/C16H20N2O2S2/c1-9(2)20-15(19)13-10(3)17-16(21)18-14(13)11-5-7-12(22-4)8-6-11/h5-9,14H,1-4H3,(H2,17,18,21). The van der Waals surface area contributed by atoms with E-state index in [1.807, 2.05) is 51.3 Å². The average Bonchev–Trinajstić information content (AvgIpc) is 2.45. The molecule has 0 radical (unpaired) electrons. The Balaban J connectivity index is 2.38. The zero-order valence-corrected chi connectivity index (χ0v) is 14.7. The summed E-state index contributed by atoms with van der Waals surface area (Å²) in [6.45, 7) is 5.52. The van der Waals surface area contributed by atoms with E-state index in [1.165, 1.54) is 4.90 Å². The first kappa shape index (κ1) is 16.8. The topological polar surface area (TPSA) is 50.4 Å². The van der Waals surface area contributed by atoms with E-state index in [2.05, 4.69) is 10.6 Å². The van der Waals surface area contributed by atoms with Crippen molar-refractivity contribution in [1.29, 1.82) is 0 Å². The van der Waals surface area contributed by atoms with Crippen LogP contribution in [-0.4, -0.2) is 23.4 Å². The normalized spacial score (nSPS) is 18.0. The summed E-state index contributed by atoms with van der Waals surface area (Å²) in [5, 5.41) is 6.67. The number of rotatable bonds is 4. The van der Waals surface area contributed by atoms with Gasteiger partial charge >= 0.3 is 5.97 Å². The Hall–Kier alpha value is -1.53. The van der Waals surface area contributed by atoms with Crippen LogP contribution in [-0.2, 0) is 9.53 Å². The Morgan fingerprint density at radius 2 is 1.95 bits per heavy atom. The van der Waals surface area contributed by atoms with Crippen molar-refractivity contribution in [1.82, 2.24) is 10.6 Å². The number of carbonyl (C=O) groups is 1. The van der Waals surface area contributed by atoms with Crippen LogP contribution in [0.2, 0.25) is 0 Å². The van der Waals surface area contributed by atoms with Gasteiger partial charge < -0.3 is 15.4 Å². The van der Waals surface area contributed by atoms with Gasteiger partial charge in [0.05, 0.1) is 17.7 Å². The second kappa shape index (κ2) is 7.15. The van der Waals surface area contributed by atoms with Gasteiger partial charge in [-0.2, -0.15) is 0 Å². The van der Waals surface area contributed by atoms with Gasteiger partial charge in [-0.1, -0.05) is 12.1 Å². The number of esters is 1. The zero-order valence-electron chi connectivity index (χ0n) is 13.1. The molecule has 2 rings (SSSR count). The van der Waals surface area contributed by atoms with E-state index in [1.54, 1.807) is 11.8 Å². The highest BCUT2D eigenvalue weighted by Gasteiger charge is 2.31. The summed E-state index contributed by atoms with van der Waals surface area (Å²) in [5.41, 5.74) is 2.28. The third-order valence-corrected chi connectivity index (χ3v) is 4.24. The Morgan fingerprint density at radius 3 is 2.50 bits per heavy atom. The van der Waals surface area contributed by atoms with Crippen LogP contribution in [0.1, 0.15) is 32.4 Å². The van der Waals surface area contributed by atoms with Crippen molar-refractivity contribution in [3.05, 3.63) is 41.1 Å². The molecule has 1 aromatic rings. The number of thiocarbonyl (C=S) groups is 1. The van der Waals surface area contributed by atoms with Crippen LogP contribution < -0.4 is 10.6 Å².